The number of hydrogen-bond acceptors (Lipinski definition) is 2. The van der Waals surface area contributed by atoms with Gasteiger partial charge in [0.25, 0.3) is 0 Å². The van der Waals surface area contributed by atoms with Crippen LogP contribution in [0.5, 0.6) is 0 Å². The van der Waals surface area contributed by atoms with Crippen LogP contribution in [-0.2, 0) is 0 Å². The first kappa shape index (κ1) is 13.2. The zero-order valence-corrected chi connectivity index (χ0v) is 8.60. The van der Waals surface area contributed by atoms with Gasteiger partial charge < -0.3 is 0 Å². The van der Waals surface area contributed by atoms with Crippen LogP contribution in [0, 0.1) is 11.3 Å². The van der Waals surface area contributed by atoms with Crippen molar-refractivity contribution in [3.8, 4) is 6.07 Å². The first-order valence-corrected chi connectivity index (χ1v) is 4.47. The molecule has 0 aliphatic rings. The molecule has 14 heavy (non-hydrogen) atoms. The third kappa shape index (κ3) is 5.07. The lowest BCUT2D eigenvalue weighted by atomic mass is 10.1. The van der Waals surface area contributed by atoms with Crippen LogP contribution in [0.3, 0.4) is 0 Å². The molecule has 0 aromatic heterocycles. The molecule has 0 saturated carbocycles. The van der Waals surface area contributed by atoms with Gasteiger partial charge in [-0.15, -0.1) is 0 Å². The summed E-state index contributed by atoms with van der Waals surface area (Å²) in [6, 6.07) is 1.31. The number of halogens is 3. The molecule has 0 aliphatic heterocycles. The fourth-order valence-electron chi connectivity index (χ4n) is 1.30. The van der Waals surface area contributed by atoms with Crippen LogP contribution in [0.25, 0.3) is 0 Å². The lowest BCUT2D eigenvalue weighted by molar-refractivity contribution is -0.154. The van der Waals surface area contributed by atoms with Crippen LogP contribution < -0.4 is 0 Å². The first-order valence-electron chi connectivity index (χ1n) is 4.47. The van der Waals surface area contributed by atoms with Crippen LogP contribution in [0.15, 0.2) is 0 Å². The van der Waals surface area contributed by atoms with Crippen molar-refractivity contribution in [2.45, 2.75) is 45.5 Å². The van der Waals surface area contributed by atoms with Crippen molar-refractivity contribution < 1.29 is 13.2 Å². The van der Waals surface area contributed by atoms with E-state index >= 15 is 0 Å². The summed E-state index contributed by atoms with van der Waals surface area (Å²) in [5.74, 6) is 0. The Labute approximate surface area is 82.3 Å². The van der Waals surface area contributed by atoms with Crippen molar-refractivity contribution in [3.63, 3.8) is 0 Å². The van der Waals surface area contributed by atoms with E-state index in [1.807, 2.05) is 6.07 Å². The van der Waals surface area contributed by atoms with E-state index in [0.29, 0.717) is 0 Å². The highest BCUT2D eigenvalue weighted by Gasteiger charge is 2.33. The van der Waals surface area contributed by atoms with Crippen molar-refractivity contribution in [2.24, 2.45) is 0 Å². The van der Waals surface area contributed by atoms with Gasteiger partial charge in [0.1, 0.15) is 0 Å². The molecule has 0 spiro atoms. The van der Waals surface area contributed by atoms with Crippen molar-refractivity contribution in [1.82, 2.24) is 4.90 Å². The van der Waals surface area contributed by atoms with E-state index in [4.69, 9.17) is 5.26 Å². The molecule has 0 bridgehead atoms. The quantitative estimate of drug-likeness (QED) is 0.710. The molecule has 1 atom stereocenters. The molecule has 5 heteroatoms. The van der Waals surface area contributed by atoms with Gasteiger partial charge >= 0.3 is 6.18 Å². The van der Waals surface area contributed by atoms with Gasteiger partial charge in [0.15, 0.2) is 0 Å². The molecule has 2 nitrogen and oxygen atoms in total. The maximum Gasteiger partial charge on any atom is 0.401 e. The molecule has 0 amide bonds. The number of rotatable bonds is 4. The highest BCUT2D eigenvalue weighted by molar-refractivity contribution is 4.82. The Morgan fingerprint density at radius 1 is 1.29 bits per heavy atom. The Hall–Kier alpha value is -0.760. The Kier molecular flexibility index (Phi) is 4.92. The highest BCUT2D eigenvalue weighted by atomic mass is 19.4. The van der Waals surface area contributed by atoms with Gasteiger partial charge in [-0.3, -0.25) is 4.90 Å². The molecule has 0 aliphatic carbocycles. The van der Waals surface area contributed by atoms with Crippen molar-refractivity contribution in [1.29, 1.82) is 5.26 Å². The SMILES string of the molecule is CC(C)N(CC(F)(F)F)C(C)CC#N. The Balaban J connectivity index is 4.38. The minimum Gasteiger partial charge on any atom is -0.289 e. The van der Waals surface area contributed by atoms with Crippen LogP contribution >= 0.6 is 0 Å². The van der Waals surface area contributed by atoms with Gasteiger partial charge in [0, 0.05) is 12.1 Å². The normalized spacial score (nSPS) is 14.5. The summed E-state index contributed by atoms with van der Waals surface area (Å²) in [6.45, 7) is 4.07. The predicted octanol–water partition coefficient (Wildman–Crippen LogP) is 2.56. The average Bonchev–Trinajstić information content (AvgIpc) is 1.98. The summed E-state index contributed by atoms with van der Waals surface area (Å²) in [5.41, 5.74) is 0. The molecule has 0 aromatic carbocycles. The summed E-state index contributed by atoms with van der Waals surface area (Å²) in [4.78, 5) is 1.28. The van der Waals surface area contributed by atoms with Gasteiger partial charge in [-0.05, 0) is 20.8 Å². The van der Waals surface area contributed by atoms with E-state index < -0.39 is 12.7 Å². The largest absolute Gasteiger partial charge is 0.401 e. The van der Waals surface area contributed by atoms with Crippen molar-refractivity contribution in [2.75, 3.05) is 6.54 Å². The van der Waals surface area contributed by atoms with Gasteiger partial charge in [-0.2, -0.15) is 18.4 Å². The average molecular weight is 208 g/mol. The van der Waals surface area contributed by atoms with Crippen LogP contribution in [-0.4, -0.2) is 29.7 Å². The van der Waals surface area contributed by atoms with Gasteiger partial charge in [0.2, 0.25) is 0 Å². The number of hydrogen-bond donors (Lipinski definition) is 0. The smallest absolute Gasteiger partial charge is 0.289 e. The molecule has 0 rings (SSSR count). The number of nitriles is 1. The number of nitrogens with zero attached hydrogens (tertiary/aromatic N) is 2. The Bertz CT molecular complexity index is 205. The van der Waals surface area contributed by atoms with E-state index in [-0.39, 0.29) is 18.5 Å². The predicted molar refractivity (Wildman–Crippen MR) is 47.6 cm³/mol. The lowest BCUT2D eigenvalue weighted by Crippen LogP contribution is -2.44. The molecular weight excluding hydrogens is 193 g/mol. The monoisotopic (exact) mass is 208 g/mol. The third-order valence-corrected chi connectivity index (χ3v) is 1.98. The Morgan fingerprint density at radius 3 is 2.07 bits per heavy atom. The second-order valence-corrected chi connectivity index (χ2v) is 3.59. The van der Waals surface area contributed by atoms with Crippen molar-refractivity contribution in [3.05, 3.63) is 0 Å². The maximum atomic E-state index is 12.1. The minimum absolute atomic E-state index is 0.119. The summed E-state index contributed by atoms with van der Waals surface area (Å²) in [5, 5.41) is 8.41. The topological polar surface area (TPSA) is 27.0 Å². The zero-order chi connectivity index (χ0) is 11.4. The van der Waals surface area contributed by atoms with E-state index in [1.54, 1.807) is 20.8 Å². The minimum atomic E-state index is -4.20. The van der Waals surface area contributed by atoms with E-state index in [2.05, 4.69) is 0 Å². The fraction of sp³-hybridized carbons (Fsp3) is 0.889. The van der Waals surface area contributed by atoms with Gasteiger partial charge in [-0.25, -0.2) is 0 Å². The van der Waals surface area contributed by atoms with Gasteiger partial charge in [0.05, 0.1) is 19.0 Å². The lowest BCUT2D eigenvalue weighted by Gasteiger charge is -2.32. The highest BCUT2D eigenvalue weighted by Crippen LogP contribution is 2.20. The standard InChI is InChI=1S/C9H15F3N2/c1-7(2)14(6-9(10,11)12)8(3)4-5-13/h7-8H,4,6H2,1-3H3. The van der Waals surface area contributed by atoms with E-state index in [1.165, 1.54) is 4.90 Å². The third-order valence-electron chi connectivity index (χ3n) is 1.98. The molecule has 0 heterocycles. The molecular formula is C9H15F3N2. The summed E-state index contributed by atoms with van der Waals surface area (Å²) in [7, 11) is 0. The second kappa shape index (κ2) is 5.20. The Morgan fingerprint density at radius 2 is 1.79 bits per heavy atom. The van der Waals surface area contributed by atoms with Crippen LogP contribution in [0.4, 0.5) is 13.2 Å². The van der Waals surface area contributed by atoms with E-state index in [0.717, 1.165) is 0 Å². The molecule has 0 N–H and O–H groups in total. The summed E-state index contributed by atoms with van der Waals surface area (Å²) in [6.07, 6.45) is -4.08. The van der Waals surface area contributed by atoms with Gasteiger partial charge in [-0.1, -0.05) is 0 Å². The van der Waals surface area contributed by atoms with Crippen molar-refractivity contribution >= 4 is 0 Å². The molecule has 0 saturated heterocycles. The molecule has 0 radical (unpaired) electrons. The van der Waals surface area contributed by atoms with E-state index in [9.17, 15) is 13.2 Å². The molecule has 1 unspecified atom stereocenters. The van der Waals surface area contributed by atoms with Crippen LogP contribution in [0.1, 0.15) is 27.2 Å². The summed E-state index contributed by atoms with van der Waals surface area (Å²) >= 11 is 0. The second-order valence-electron chi connectivity index (χ2n) is 3.59. The maximum absolute atomic E-state index is 12.1. The fourth-order valence-corrected chi connectivity index (χ4v) is 1.30. The molecule has 0 fully saturated rings. The number of alkyl halides is 3. The van der Waals surface area contributed by atoms with Crippen LogP contribution in [0.2, 0.25) is 0 Å². The molecule has 0 aromatic rings. The summed E-state index contributed by atoms with van der Waals surface area (Å²) < 4.78 is 36.4. The zero-order valence-electron chi connectivity index (χ0n) is 8.60. The molecule has 82 valence electrons. The first-order chi connectivity index (χ1) is 6.28.